The predicted octanol–water partition coefficient (Wildman–Crippen LogP) is 3.59. The highest BCUT2D eigenvalue weighted by atomic mass is 16.6. The highest BCUT2D eigenvalue weighted by molar-refractivity contribution is 5.68. The van der Waals surface area contributed by atoms with E-state index in [0.717, 1.165) is 24.9 Å². The summed E-state index contributed by atoms with van der Waals surface area (Å²) in [4.78, 5) is 13.9. The van der Waals surface area contributed by atoms with Gasteiger partial charge in [-0.15, -0.1) is 0 Å². The van der Waals surface area contributed by atoms with Gasteiger partial charge in [-0.25, -0.2) is 4.79 Å². The lowest BCUT2D eigenvalue weighted by Crippen LogP contribution is -2.38. The van der Waals surface area contributed by atoms with Crippen molar-refractivity contribution in [3.8, 4) is 0 Å². The Kier molecular flexibility index (Phi) is 4.62. The smallest absolute Gasteiger partial charge is 0.410 e. The lowest BCUT2D eigenvalue weighted by atomic mass is 10.1. The maximum absolute atomic E-state index is 12.0. The van der Waals surface area contributed by atoms with Gasteiger partial charge in [0.1, 0.15) is 6.61 Å². The zero-order valence-electron chi connectivity index (χ0n) is 11.0. The lowest BCUT2D eigenvalue weighted by Gasteiger charge is -2.26. The fourth-order valence-corrected chi connectivity index (χ4v) is 2.35. The highest BCUT2D eigenvalue weighted by Crippen LogP contribution is 2.17. The van der Waals surface area contributed by atoms with Gasteiger partial charge in [-0.1, -0.05) is 43.2 Å². The predicted molar refractivity (Wildman–Crippen MR) is 71.3 cm³/mol. The third-order valence-corrected chi connectivity index (χ3v) is 3.49. The number of hydrogen-bond donors (Lipinski definition) is 0. The largest absolute Gasteiger partial charge is 0.445 e. The lowest BCUT2D eigenvalue weighted by molar-refractivity contribution is 0.0843. The van der Waals surface area contributed by atoms with Crippen molar-refractivity contribution in [1.29, 1.82) is 0 Å². The van der Waals surface area contributed by atoms with Crippen LogP contribution in [0.4, 0.5) is 4.79 Å². The van der Waals surface area contributed by atoms with Crippen LogP contribution in [0.3, 0.4) is 0 Å². The number of likely N-dealkylation sites (tertiary alicyclic amines) is 1. The average molecular weight is 247 g/mol. The zero-order chi connectivity index (χ0) is 12.8. The van der Waals surface area contributed by atoms with Gasteiger partial charge in [0, 0.05) is 12.6 Å². The molecule has 1 amide bonds. The van der Waals surface area contributed by atoms with Crippen LogP contribution in [0.25, 0.3) is 0 Å². The summed E-state index contributed by atoms with van der Waals surface area (Å²) in [5.41, 5.74) is 1.04. The van der Waals surface area contributed by atoms with E-state index >= 15 is 0 Å². The van der Waals surface area contributed by atoms with Gasteiger partial charge in [0.2, 0.25) is 0 Å². The molecule has 1 aromatic carbocycles. The first-order valence-electron chi connectivity index (χ1n) is 6.74. The fraction of sp³-hybridized carbons (Fsp3) is 0.533. The third kappa shape index (κ3) is 3.49. The molecule has 3 heteroatoms. The molecule has 0 aliphatic carbocycles. The molecule has 1 atom stereocenters. The molecular weight excluding hydrogens is 226 g/mol. The molecule has 0 radical (unpaired) electrons. The van der Waals surface area contributed by atoms with Crippen molar-refractivity contribution in [2.75, 3.05) is 6.54 Å². The molecule has 0 spiro atoms. The second-order valence-corrected chi connectivity index (χ2v) is 4.93. The molecule has 0 N–H and O–H groups in total. The minimum absolute atomic E-state index is 0.173. The quantitative estimate of drug-likeness (QED) is 0.799. The van der Waals surface area contributed by atoms with E-state index in [2.05, 4.69) is 6.92 Å². The molecular formula is C15H21NO2. The summed E-state index contributed by atoms with van der Waals surface area (Å²) in [6.45, 7) is 3.30. The monoisotopic (exact) mass is 247 g/mol. The number of nitrogens with zero attached hydrogens (tertiary/aromatic N) is 1. The van der Waals surface area contributed by atoms with Crippen LogP contribution in [-0.4, -0.2) is 23.6 Å². The van der Waals surface area contributed by atoms with Crippen LogP contribution in [0.1, 0.15) is 38.2 Å². The highest BCUT2D eigenvalue weighted by Gasteiger charge is 2.22. The van der Waals surface area contributed by atoms with E-state index in [4.69, 9.17) is 4.74 Å². The van der Waals surface area contributed by atoms with Crippen LogP contribution >= 0.6 is 0 Å². The average Bonchev–Trinajstić information content (AvgIpc) is 2.62. The van der Waals surface area contributed by atoms with Crippen LogP contribution in [0.5, 0.6) is 0 Å². The number of carbonyl (C=O) groups is 1. The van der Waals surface area contributed by atoms with Crippen molar-refractivity contribution < 1.29 is 9.53 Å². The van der Waals surface area contributed by atoms with Gasteiger partial charge in [0.05, 0.1) is 0 Å². The summed E-state index contributed by atoms with van der Waals surface area (Å²) in [6, 6.07) is 10.1. The zero-order valence-corrected chi connectivity index (χ0v) is 11.0. The number of rotatable bonds is 2. The second kappa shape index (κ2) is 6.43. The first-order chi connectivity index (χ1) is 8.77. The Labute approximate surface area is 109 Å². The number of benzene rings is 1. The van der Waals surface area contributed by atoms with Crippen molar-refractivity contribution in [2.24, 2.45) is 0 Å². The second-order valence-electron chi connectivity index (χ2n) is 4.93. The minimum atomic E-state index is -0.173. The molecule has 1 fully saturated rings. The first kappa shape index (κ1) is 12.9. The fourth-order valence-electron chi connectivity index (χ4n) is 2.35. The SMILES string of the molecule is C[C@H]1CCCCCN1C(=O)OCc1ccccc1. The molecule has 0 unspecified atom stereocenters. The Balaban J connectivity index is 1.87. The Bertz CT molecular complexity index is 377. The van der Waals surface area contributed by atoms with Crippen LogP contribution in [0.2, 0.25) is 0 Å². The van der Waals surface area contributed by atoms with Gasteiger partial charge in [-0.2, -0.15) is 0 Å². The molecule has 98 valence electrons. The number of amides is 1. The Morgan fingerprint density at radius 1 is 1.28 bits per heavy atom. The summed E-state index contributed by atoms with van der Waals surface area (Å²) in [7, 11) is 0. The van der Waals surface area contributed by atoms with Gasteiger partial charge in [0.15, 0.2) is 0 Å². The third-order valence-electron chi connectivity index (χ3n) is 3.49. The molecule has 1 heterocycles. The summed E-state index contributed by atoms with van der Waals surface area (Å²) in [5, 5.41) is 0. The van der Waals surface area contributed by atoms with Crippen LogP contribution in [0, 0.1) is 0 Å². The molecule has 18 heavy (non-hydrogen) atoms. The Hall–Kier alpha value is -1.51. The van der Waals surface area contributed by atoms with Crippen molar-refractivity contribution in [3.05, 3.63) is 35.9 Å². The minimum Gasteiger partial charge on any atom is -0.445 e. The maximum Gasteiger partial charge on any atom is 0.410 e. The van der Waals surface area contributed by atoms with E-state index in [0.29, 0.717) is 12.6 Å². The summed E-state index contributed by atoms with van der Waals surface area (Å²) in [5.74, 6) is 0. The molecule has 0 saturated carbocycles. The van der Waals surface area contributed by atoms with E-state index in [1.165, 1.54) is 12.8 Å². The van der Waals surface area contributed by atoms with Gasteiger partial charge in [-0.3, -0.25) is 0 Å². The molecule has 3 nitrogen and oxygen atoms in total. The van der Waals surface area contributed by atoms with E-state index in [1.807, 2.05) is 35.2 Å². The van der Waals surface area contributed by atoms with E-state index in [9.17, 15) is 4.79 Å². The molecule has 2 rings (SSSR count). The van der Waals surface area contributed by atoms with Crippen LogP contribution < -0.4 is 0 Å². The maximum atomic E-state index is 12.0. The van der Waals surface area contributed by atoms with Crippen molar-refractivity contribution in [1.82, 2.24) is 4.90 Å². The molecule has 0 bridgehead atoms. The Morgan fingerprint density at radius 2 is 2.06 bits per heavy atom. The number of hydrogen-bond acceptors (Lipinski definition) is 2. The Morgan fingerprint density at radius 3 is 2.83 bits per heavy atom. The van der Waals surface area contributed by atoms with Gasteiger partial charge < -0.3 is 9.64 Å². The van der Waals surface area contributed by atoms with Gasteiger partial charge in [0.25, 0.3) is 0 Å². The van der Waals surface area contributed by atoms with E-state index < -0.39 is 0 Å². The molecule has 1 aromatic rings. The van der Waals surface area contributed by atoms with Crippen molar-refractivity contribution >= 4 is 6.09 Å². The molecule has 1 saturated heterocycles. The summed E-state index contributed by atoms with van der Waals surface area (Å²) < 4.78 is 5.38. The molecule has 1 aliphatic heterocycles. The standard InChI is InChI=1S/C15H21NO2/c1-13-8-4-3-7-11-16(13)15(17)18-12-14-9-5-2-6-10-14/h2,5-6,9-10,13H,3-4,7-8,11-12H2,1H3/t13-/m0/s1. The van der Waals surface area contributed by atoms with E-state index in [1.54, 1.807) is 0 Å². The summed E-state index contributed by atoms with van der Waals surface area (Å²) in [6.07, 6.45) is 4.43. The summed E-state index contributed by atoms with van der Waals surface area (Å²) >= 11 is 0. The van der Waals surface area contributed by atoms with Crippen molar-refractivity contribution in [3.63, 3.8) is 0 Å². The van der Waals surface area contributed by atoms with Gasteiger partial charge in [-0.05, 0) is 25.3 Å². The molecule has 1 aliphatic rings. The normalized spacial score (nSPS) is 20.3. The van der Waals surface area contributed by atoms with Crippen molar-refractivity contribution in [2.45, 2.75) is 45.3 Å². The molecule has 0 aromatic heterocycles. The van der Waals surface area contributed by atoms with Crippen LogP contribution in [0.15, 0.2) is 30.3 Å². The van der Waals surface area contributed by atoms with Crippen LogP contribution in [-0.2, 0) is 11.3 Å². The van der Waals surface area contributed by atoms with Gasteiger partial charge >= 0.3 is 6.09 Å². The first-order valence-corrected chi connectivity index (χ1v) is 6.74. The van der Waals surface area contributed by atoms with E-state index in [-0.39, 0.29) is 6.09 Å². The topological polar surface area (TPSA) is 29.5 Å². The number of ether oxygens (including phenoxy) is 1. The number of carbonyl (C=O) groups excluding carboxylic acids is 1.